The number of fused-ring (bicyclic) bond motifs is 1. The van der Waals surface area contributed by atoms with Crippen LogP contribution in [-0.2, 0) is 6.42 Å². The molecule has 0 aliphatic heterocycles. The molecule has 0 unspecified atom stereocenters. The van der Waals surface area contributed by atoms with E-state index in [0.717, 1.165) is 27.9 Å². The van der Waals surface area contributed by atoms with E-state index in [0.29, 0.717) is 30.6 Å². The van der Waals surface area contributed by atoms with Crippen molar-refractivity contribution in [1.29, 1.82) is 0 Å². The minimum absolute atomic E-state index is 0. The highest BCUT2D eigenvalue weighted by molar-refractivity contribution is 5.98. The molecular formula is C28H31N3O3. The van der Waals surface area contributed by atoms with E-state index in [-0.39, 0.29) is 19.3 Å². The fourth-order valence-electron chi connectivity index (χ4n) is 4.11. The number of nitrogens with zero attached hydrogens (tertiary/aromatic N) is 2. The van der Waals surface area contributed by atoms with Crippen molar-refractivity contribution in [2.45, 2.75) is 32.7 Å². The molecule has 0 spiro atoms. The number of aromatic nitrogens is 1. The highest BCUT2D eigenvalue weighted by Crippen LogP contribution is 2.26. The van der Waals surface area contributed by atoms with Crippen LogP contribution in [0.1, 0.15) is 45.6 Å². The van der Waals surface area contributed by atoms with Crippen molar-refractivity contribution < 1.29 is 15.4 Å². The van der Waals surface area contributed by atoms with Gasteiger partial charge in [-0.3, -0.25) is 14.6 Å². The Labute approximate surface area is 201 Å². The lowest BCUT2D eigenvalue weighted by Crippen LogP contribution is -2.41. The van der Waals surface area contributed by atoms with Crippen LogP contribution in [0.4, 0.5) is 0 Å². The lowest BCUT2D eigenvalue weighted by atomic mass is 10.0. The van der Waals surface area contributed by atoms with Crippen LogP contribution in [0.5, 0.6) is 0 Å². The van der Waals surface area contributed by atoms with Gasteiger partial charge < -0.3 is 14.6 Å². The third-order valence-electron chi connectivity index (χ3n) is 6.27. The Morgan fingerprint density at radius 3 is 2.56 bits per heavy atom. The van der Waals surface area contributed by atoms with Crippen molar-refractivity contribution in [2.24, 2.45) is 0 Å². The summed E-state index contributed by atoms with van der Waals surface area (Å²) in [6.45, 7) is 4.38. The summed E-state index contributed by atoms with van der Waals surface area (Å²) in [7, 11) is 1.82. The van der Waals surface area contributed by atoms with E-state index in [1.165, 1.54) is 0 Å². The van der Waals surface area contributed by atoms with Gasteiger partial charge in [-0.05, 0) is 62.1 Å². The normalized spacial score (nSPS) is 11.9. The summed E-state index contributed by atoms with van der Waals surface area (Å²) in [6.07, 6.45) is 2.89. The molecule has 6 heteroatoms. The minimum atomic E-state index is -0.220. The van der Waals surface area contributed by atoms with Gasteiger partial charge in [0.05, 0.1) is 0 Å². The number of aryl methyl sites for hydroxylation is 2. The van der Waals surface area contributed by atoms with Gasteiger partial charge in [-0.25, -0.2) is 0 Å². The summed E-state index contributed by atoms with van der Waals surface area (Å²) >= 11 is 0. The van der Waals surface area contributed by atoms with Gasteiger partial charge in [-0.1, -0.05) is 42.5 Å². The van der Waals surface area contributed by atoms with Crippen LogP contribution in [0.15, 0.2) is 77.3 Å². The molecule has 176 valence electrons. The second-order valence-electron chi connectivity index (χ2n) is 8.51. The van der Waals surface area contributed by atoms with Crippen LogP contribution in [0.3, 0.4) is 0 Å². The zero-order chi connectivity index (χ0) is 24.1. The average molecular weight is 458 g/mol. The van der Waals surface area contributed by atoms with Crippen LogP contribution >= 0.6 is 0 Å². The Morgan fingerprint density at radius 1 is 1.06 bits per heavy atom. The predicted molar refractivity (Wildman–Crippen MR) is 135 cm³/mol. The number of hydrogen-bond acceptors (Lipinski definition) is 4. The molecule has 0 aliphatic rings. The zero-order valence-electron chi connectivity index (χ0n) is 19.7. The largest absolute Gasteiger partial charge is 0.461 e. The molecule has 6 nitrogen and oxygen atoms in total. The highest BCUT2D eigenvalue weighted by Gasteiger charge is 2.23. The molecule has 0 saturated carbocycles. The molecule has 0 saturated heterocycles. The first-order valence-corrected chi connectivity index (χ1v) is 11.4. The molecular weight excluding hydrogens is 426 g/mol. The molecule has 0 bridgehead atoms. The summed E-state index contributed by atoms with van der Waals surface area (Å²) < 4.78 is 5.83. The molecule has 2 aromatic heterocycles. The van der Waals surface area contributed by atoms with Crippen molar-refractivity contribution >= 4 is 22.8 Å². The first-order chi connectivity index (χ1) is 16.4. The Morgan fingerprint density at radius 2 is 1.82 bits per heavy atom. The maximum atomic E-state index is 13.4. The molecule has 0 aliphatic carbocycles. The topological polar surface area (TPSA) is 75.4 Å². The van der Waals surface area contributed by atoms with Gasteiger partial charge in [-0.15, -0.1) is 0 Å². The molecule has 2 heterocycles. The van der Waals surface area contributed by atoms with E-state index in [1.54, 1.807) is 29.3 Å². The van der Waals surface area contributed by atoms with E-state index in [9.17, 15) is 9.59 Å². The number of rotatable bonds is 8. The van der Waals surface area contributed by atoms with Crippen molar-refractivity contribution in [3.05, 3.63) is 101 Å². The van der Waals surface area contributed by atoms with Gasteiger partial charge in [0, 0.05) is 38.2 Å². The highest BCUT2D eigenvalue weighted by atomic mass is 16.3. The first kappa shape index (κ1) is 23.2. The summed E-state index contributed by atoms with van der Waals surface area (Å²) in [4.78, 5) is 31.7. The van der Waals surface area contributed by atoms with E-state index >= 15 is 0 Å². The van der Waals surface area contributed by atoms with Gasteiger partial charge in [0.2, 0.25) is 0 Å². The zero-order valence-corrected chi connectivity index (χ0v) is 19.7. The standard InChI is InChI=1S/C28H29N3O3.H2/c1-19-20(2)34-26-18-22(12-13-24(19)26)28(33)31(3)23(17-21-9-5-4-6-10-21)14-16-30-27(32)25-11-7-8-15-29-25;/h4-13,15,18,23H,14,16-17H2,1-3H3,(H,30,32);1H/t23-;/m1./s1. The van der Waals surface area contributed by atoms with Gasteiger partial charge in [0.15, 0.2) is 0 Å². The fourth-order valence-corrected chi connectivity index (χ4v) is 4.11. The SMILES string of the molecule is Cc1oc2cc(C(=O)N(C)[C@H](CCNC(=O)c3ccccn3)Cc3ccccc3)ccc2c1C.[HH]. The number of carbonyl (C=O) groups excluding carboxylic acids is 2. The second kappa shape index (κ2) is 10.3. The third kappa shape index (κ3) is 5.17. The first-order valence-electron chi connectivity index (χ1n) is 11.4. The second-order valence-corrected chi connectivity index (χ2v) is 8.51. The summed E-state index contributed by atoms with van der Waals surface area (Å²) in [5.41, 5.74) is 3.91. The maximum Gasteiger partial charge on any atom is 0.269 e. The van der Waals surface area contributed by atoms with Crippen LogP contribution < -0.4 is 5.32 Å². The maximum absolute atomic E-state index is 13.4. The molecule has 4 aromatic rings. The van der Waals surface area contributed by atoms with E-state index in [1.807, 2.05) is 57.3 Å². The van der Waals surface area contributed by atoms with E-state index < -0.39 is 0 Å². The van der Waals surface area contributed by atoms with Crippen LogP contribution in [0, 0.1) is 13.8 Å². The molecule has 1 atom stereocenters. The number of likely N-dealkylation sites (N-methyl/N-ethyl adjacent to an activating group) is 1. The fraction of sp³-hybridized carbons (Fsp3) is 0.250. The van der Waals surface area contributed by atoms with Crippen molar-refractivity contribution in [2.75, 3.05) is 13.6 Å². The third-order valence-corrected chi connectivity index (χ3v) is 6.27. The van der Waals surface area contributed by atoms with Crippen molar-refractivity contribution in [3.63, 3.8) is 0 Å². The van der Waals surface area contributed by atoms with Crippen molar-refractivity contribution in [3.8, 4) is 0 Å². The summed E-state index contributed by atoms with van der Waals surface area (Å²) in [6, 6.07) is 20.8. The van der Waals surface area contributed by atoms with E-state index in [2.05, 4.69) is 22.4 Å². The average Bonchev–Trinajstić information content (AvgIpc) is 3.16. The van der Waals surface area contributed by atoms with Gasteiger partial charge in [0.25, 0.3) is 11.8 Å². The molecule has 4 rings (SSSR count). The number of furan rings is 1. The summed E-state index contributed by atoms with van der Waals surface area (Å²) in [5, 5.41) is 3.95. The molecule has 1 N–H and O–H groups in total. The Kier molecular flexibility index (Phi) is 7.07. The molecule has 0 fully saturated rings. The lowest BCUT2D eigenvalue weighted by Gasteiger charge is -2.29. The lowest BCUT2D eigenvalue weighted by molar-refractivity contribution is 0.0723. The summed E-state index contributed by atoms with van der Waals surface area (Å²) in [5.74, 6) is 0.561. The van der Waals surface area contributed by atoms with Crippen LogP contribution in [0.25, 0.3) is 11.0 Å². The number of benzene rings is 2. The van der Waals surface area contributed by atoms with E-state index in [4.69, 9.17) is 4.42 Å². The Bertz CT molecular complexity index is 1290. The predicted octanol–water partition coefficient (Wildman–Crippen LogP) is 5.19. The van der Waals surface area contributed by atoms with Gasteiger partial charge >= 0.3 is 0 Å². The van der Waals surface area contributed by atoms with Crippen molar-refractivity contribution in [1.82, 2.24) is 15.2 Å². The number of nitrogens with one attached hydrogen (secondary N) is 1. The minimum Gasteiger partial charge on any atom is -0.461 e. The number of hydrogen-bond donors (Lipinski definition) is 1. The van der Waals surface area contributed by atoms with Gasteiger partial charge in [-0.2, -0.15) is 0 Å². The smallest absolute Gasteiger partial charge is 0.269 e. The van der Waals surface area contributed by atoms with Crippen LogP contribution in [0.2, 0.25) is 0 Å². The number of pyridine rings is 1. The number of amides is 2. The van der Waals surface area contributed by atoms with Gasteiger partial charge in [0.1, 0.15) is 17.0 Å². The number of carbonyl (C=O) groups is 2. The quantitative estimate of drug-likeness (QED) is 0.395. The molecule has 0 radical (unpaired) electrons. The monoisotopic (exact) mass is 457 g/mol. The Hall–Kier alpha value is -3.93. The Balaban J connectivity index is 0.00000342. The molecule has 34 heavy (non-hydrogen) atoms. The molecule has 2 amide bonds. The molecule has 2 aromatic carbocycles. The van der Waals surface area contributed by atoms with Crippen LogP contribution in [-0.4, -0.2) is 41.3 Å².